The van der Waals surface area contributed by atoms with Crippen molar-refractivity contribution >= 4 is 17.4 Å². The minimum atomic E-state index is 0.162. The Morgan fingerprint density at radius 2 is 2.29 bits per heavy atom. The molecule has 14 heavy (non-hydrogen) atoms. The SMILES string of the molecule is CC(=O)CN(C)Cc1ccc(Cl)nc1. The molecule has 0 N–H and O–H groups in total. The first-order valence-corrected chi connectivity index (χ1v) is 4.74. The molecule has 1 aromatic rings. The lowest BCUT2D eigenvalue weighted by atomic mass is 10.2. The maximum atomic E-state index is 10.8. The first-order chi connectivity index (χ1) is 6.58. The summed E-state index contributed by atoms with van der Waals surface area (Å²) >= 11 is 5.65. The molecule has 0 saturated heterocycles. The fraction of sp³-hybridized carbons (Fsp3) is 0.400. The van der Waals surface area contributed by atoms with Crippen molar-refractivity contribution in [1.29, 1.82) is 0 Å². The van der Waals surface area contributed by atoms with E-state index in [0.717, 1.165) is 5.56 Å². The van der Waals surface area contributed by atoms with Crippen LogP contribution in [0.4, 0.5) is 0 Å². The van der Waals surface area contributed by atoms with E-state index in [1.807, 2.05) is 18.0 Å². The van der Waals surface area contributed by atoms with Crippen molar-refractivity contribution in [2.24, 2.45) is 0 Å². The molecule has 0 aromatic carbocycles. The Morgan fingerprint density at radius 3 is 2.79 bits per heavy atom. The minimum absolute atomic E-state index is 0.162. The second kappa shape index (κ2) is 5.08. The Bertz CT molecular complexity index is 310. The summed E-state index contributed by atoms with van der Waals surface area (Å²) in [6, 6.07) is 3.66. The quantitative estimate of drug-likeness (QED) is 0.714. The van der Waals surface area contributed by atoms with Crippen LogP contribution in [0.3, 0.4) is 0 Å². The summed E-state index contributed by atoms with van der Waals surface area (Å²) < 4.78 is 0. The highest BCUT2D eigenvalue weighted by Crippen LogP contribution is 2.06. The molecule has 0 unspecified atom stereocenters. The van der Waals surface area contributed by atoms with E-state index in [0.29, 0.717) is 18.2 Å². The molecule has 0 aliphatic heterocycles. The van der Waals surface area contributed by atoms with Gasteiger partial charge in [0.15, 0.2) is 0 Å². The first-order valence-electron chi connectivity index (χ1n) is 4.36. The third kappa shape index (κ3) is 3.85. The van der Waals surface area contributed by atoms with Crippen LogP contribution in [0.25, 0.3) is 0 Å². The van der Waals surface area contributed by atoms with E-state index >= 15 is 0 Å². The van der Waals surface area contributed by atoms with Crippen LogP contribution in [0.2, 0.25) is 5.15 Å². The van der Waals surface area contributed by atoms with Gasteiger partial charge in [-0.2, -0.15) is 0 Å². The fourth-order valence-electron chi connectivity index (χ4n) is 1.25. The van der Waals surface area contributed by atoms with Gasteiger partial charge < -0.3 is 0 Å². The van der Waals surface area contributed by atoms with Crippen LogP contribution in [-0.2, 0) is 11.3 Å². The molecule has 0 fully saturated rings. The number of carbonyl (C=O) groups is 1. The molecule has 1 heterocycles. The standard InChI is InChI=1S/C10H13ClN2O/c1-8(14)6-13(2)7-9-3-4-10(11)12-5-9/h3-5H,6-7H2,1-2H3. The predicted octanol–water partition coefficient (Wildman–Crippen LogP) is 1.76. The van der Waals surface area contributed by atoms with E-state index in [1.165, 1.54) is 0 Å². The van der Waals surface area contributed by atoms with Gasteiger partial charge >= 0.3 is 0 Å². The number of Topliss-reactive ketones (excluding diaryl/α,β-unsaturated/α-hetero) is 1. The van der Waals surface area contributed by atoms with Crippen LogP contribution in [0.1, 0.15) is 12.5 Å². The number of hydrogen-bond donors (Lipinski definition) is 0. The van der Waals surface area contributed by atoms with E-state index in [9.17, 15) is 4.79 Å². The second-order valence-electron chi connectivity index (χ2n) is 3.36. The van der Waals surface area contributed by atoms with Gasteiger partial charge in [0.1, 0.15) is 10.9 Å². The first kappa shape index (κ1) is 11.1. The number of hydrogen-bond acceptors (Lipinski definition) is 3. The molecule has 0 atom stereocenters. The highest BCUT2D eigenvalue weighted by molar-refractivity contribution is 6.29. The normalized spacial score (nSPS) is 10.6. The van der Waals surface area contributed by atoms with Gasteiger partial charge in [-0.25, -0.2) is 4.98 Å². The van der Waals surface area contributed by atoms with Crippen LogP contribution in [0, 0.1) is 0 Å². The Balaban J connectivity index is 2.51. The van der Waals surface area contributed by atoms with Crippen LogP contribution >= 0.6 is 11.6 Å². The van der Waals surface area contributed by atoms with E-state index < -0.39 is 0 Å². The van der Waals surface area contributed by atoms with Gasteiger partial charge in [0.25, 0.3) is 0 Å². The van der Waals surface area contributed by atoms with Gasteiger partial charge in [-0.3, -0.25) is 9.69 Å². The van der Waals surface area contributed by atoms with E-state index in [-0.39, 0.29) is 5.78 Å². The second-order valence-corrected chi connectivity index (χ2v) is 3.75. The highest BCUT2D eigenvalue weighted by Gasteiger charge is 2.02. The van der Waals surface area contributed by atoms with Crippen molar-refractivity contribution in [3.8, 4) is 0 Å². The van der Waals surface area contributed by atoms with Crippen molar-refractivity contribution in [1.82, 2.24) is 9.88 Å². The monoisotopic (exact) mass is 212 g/mol. The average Bonchev–Trinajstić information content (AvgIpc) is 2.07. The summed E-state index contributed by atoms with van der Waals surface area (Å²) in [7, 11) is 1.90. The van der Waals surface area contributed by atoms with Crippen LogP contribution in [-0.4, -0.2) is 29.3 Å². The lowest BCUT2D eigenvalue weighted by Crippen LogP contribution is -2.23. The smallest absolute Gasteiger partial charge is 0.143 e. The number of halogens is 1. The van der Waals surface area contributed by atoms with Crippen LogP contribution < -0.4 is 0 Å². The maximum Gasteiger partial charge on any atom is 0.143 e. The molecule has 0 amide bonds. The highest BCUT2D eigenvalue weighted by atomic mass is 35.5. The number of carbonyl (C=O) groups excluding carboxylic acids is 1. The molecule has 4 heteroatoms. The molecular weight excluding hydrogens is 200 g/mol. The summed E-state index contributed by atoms with van der Waals surface area (Å²) in [4.78, 5) is 16.7. The molecular formula is C10H13ClN2O. The van der Waals surface area contributed by atoms with Gasteiger partial charge in [-0.05, 0) is 25.6 Å². The largest absolute Gasteiger partial charge is 0.299 e. The number of nitrogens with zero attached hydrogens (tertiary/aromatic N) is 2. The Morgan fingerprint density at radius 1 is 1.57 bits per heavy atom. The summed E-state index contributed by atoms with van der Waals surface area (Å²) in [5, 5.41) is 0.489. The Labute approximate surface area is 88.7 Å². The Hall–Kier alpha value is -0.930. The Kier molecular flexibility index (Phi) is 4.04. The van der Waals surface area contributed by atoms with Crippen molar-refractivity contribution < 1.29 is 4.79 Å². The van der Waals surface area contributed by atoms with Crippen molar-refractivity contribution in [3.05, 3.63) is 29.0 Å². The lowest BCUT2D eigenvalue weighted by molar-refractivity contribution is -0.117. The summed E-state index contributed by atoms with van der Waals surface area (Å²) in [6.07, 6.45) is 1.72. The van der Waals surface area contributed by atoms with Crippen LogP contribution in [0.15, 0.2) is 18.3 Å². The van der Waals surface area contributed by atoms with Crippen molar-refractivity contribution in [3.63, 3.8) is 0 Å². The zero-order valence-corrected chi connectivity index (χ0v) is 9.08. The summed E-state index contributed by atoms with van der Waals surface area (Å²) in [5.41, 5.74) is 1.05. The molecule has 0 aliphatic carbocycles. The number of likely N-dealkylation sites (N-methyl/N-ethyl adjacent to an activating group) is 1. The molecule has 3 nitrogen and oxygen atoms in total. The van der Waals surface area contributed by atoms with Gasteiger partial charge in [0.05, 0.1) is 6.54 Å². The number of pyridine rings is 1. The maximum absolute atomic E-state index is 10.8. The van der Waals surface area contributed by atoms with Gasteiger partial charge in [-0.1, -0.05) is 17.7 Å². The average molecular weight is 213 g/mol. The van der Waals surface area contributed by atoms with E-state index in [1.54, 1.807) is 19.2 Å². The van der Waals surface area contributed by atoms with Crippen molar-refractivity contribution in [2.75, 3.05) is 13.6 Å². The molecule has 1 rings (SSSR count). The molecule has 0 bridgehead atoms. The zero-order chi connectivity index (χ0) is 10.6. The fourth-order valence-corrected chi connectivity index (χ4v) is 1.36. The lowest BCUT2D eigenvalue weighted by Gasteiger charge is -2.14. The van der Waals surface area contributed by atoms with Gasteiger partial charge in [0.2, 0.25) is 0 Å². The predicted molar refractivity (Wildman–Crippen MR) is 56.3 cm³/mol. The summed E-state index contributed by atoms with van der Waals surface area (Å²) in [6.45, 7) is 2.75. The molecule has 76 valence electrons. The molecule has 0 saturated carbocycles. The minimum Gasteiger partial charge on any atom is -0.299 e. The molecule has 1 aromatic heterocycles. The van der Waals surface area contributed by atoms with Gasteiger partial charge in [0, 0.05) is 12.7 Å². The topological polar surface area (TPSA) is 33.2 Å². The molecule has 0 aliphatic rings. The number of rotatable bonds is 4. The molecule has 0 spiro atoms. The van der Waals surface area contributed by atoms with Crippen LogP contribution in [0.5, 0.6) is 0 Å². The van der Waals surface area contributed by atoms with E-state index in [4.69, 9.17) is 11.6 Å². The number of ketones is 1. The zero-order valence-electron chi connectivity index (χ0n) is 8.33. The van der Waals surface area contributed by atoms with E-state index in [2.05, 4.69) is 4.98 Å². The third-order valence-electron chi connectivity index (χ3n) is 1.73. The van der Waals surface area contributed by atoms with Gasteiger partial charge in [-0.15, -0.1) is 0 Å². The third-order valence-corrected chi connectivity index (χ3v) is 1.96. The summed E-state index contributed by atoms with van der Waals surface area (Å²) in [5.74, 6) is 0.162. The number of aromatic nitrogens is 1. The van der Waals surface area contributed by atoms with Crippen molar-refractivity contribution in [2.45, 2.75) is 13.5 Å². The molecule has 0 radical (unpaired) electrons.